The van der Waals surface area contributed by atoms with Gasteiger partial charge in [0.2, 0.25) is 5.69 Å². The highest BCUT2D eigenvalue weighted by Crippen LogP contribution is 2.22. The zero-order valence-electron chi connectivity index (χ0n) is 12.4. The molecular weight excluding hydrogens is 355 g/mol. The van der Waals surface area contributed by atoms with Gasteiger partial charge in [-0.15, -0.1) is 0 Å². The van der Waals surface area contributed by atoms with Crippen LogP contribution in [0.3, 0.4) is 0 Å². The normalized spacial score (nSPS) is 10.6. The van der Waals surface area contributed by atoms with Crippen LogP contribution in [0.1, 0.15) is 16.1 Å². The molecule has 0 aliphatic heterocycles. The van der Waals surface area contributed by atoms with Gasteiger partial charge in [0.15, 0.2) is 5.82 Å². The third-order valence-corrected chi connectivity index (χ3v) is 3.53. The molecule has 0 saturated carbocycles. The van der Waals surface area contributed by atoms with Crippen LogP contribution in [0, 0.1) is 15.9 Å². The van der Waals surface area contributed by atoms with Gasteiger partial charge in [-0.05, 0) is 17.7 Å². The van der Waals surface area contributed by atoms with E-state index in [1.165, 1.54) is 23.0 Å². The summed E-state index contributed by atoms with van der Waals surface area (Å²) in [7, 11) is 0. The van der Waals surface area contributed by atoms with Crippen molar-refractivity contribution in [3.63, 3.8) is 0 Å². The van der Waals surface area contributed by atoms with Crippen molar-refractivity contribution in [3.05, 3.63) is 68.9 Å². The number of nitrogens with zero attached hydrogens (tertiary/aromatic N) is 4. The maximum absolute atomic E-state index is 12.9. The quantitative estimate of drug-likeness (QED) is 0.532. The number of nitrogens with one attached hydrogen (secondary N) is 2. The molecule has 0 aliphatic carbocycles. The van der Waals surface area contributed by atoms with Crippen molar-refractivity contribution in [3.8, 4) is 0 Å². The second kappa shape index (κ2) is 6.69. The van der Waals surface area contributed by atoms with Gasteiger partial charge in [0.25, 0.3) is 5.91 Å². The number of halogens is 2. The Balaban J connectivity index is 1.76. The predicted molar refractivity (Wildman–Crippen MR) is 85.9 cm³/mol. The van der Waals surface area contributed by atoms with Gasteiger partial charge in [0.05, 0.1) is 11.5 Å². The van der Waals surface area contributed by atoms with Gasteiger partial charge < -0.3 is 5.32 Å². The van der Waals surface area contributed by atoms with Crippen LogP contribution in [0.25, 0.3) is 0 Å². The van der Waals surface area contributed by atoms with E-state index < -0.39 is 16.5 Å². The van der Waals surface area contributed by atoms with Gasteiger partial charge in [0, 0.05) is 6.20 Å². The lowest BCUT2D eigenvalue weighted by Gasteiger charge is -2.02. The molecule has 11 heteroatoms. The molecule has 0 spiro atoms. The number of aromatic amines is 1. The third kappa shape index (κ3) is 3.63. The highest BCUT2D eigenvalue weighted by molar-refractivity contribution is 6.33. The highest BCUT2D eigenvalue weighted by Gasteiger charge is 2.24. The van der Waals surface area contributed by atoms with Crippen LogP contribution in [0.4, 0.5) is 15.9 Å². The van der Waals surface area contributed by atoms with E-state index >= 15 is 0 Å². The summed E-state index contributed by atoms with van der Waals surface area (Å²) in [5.74, 6) is -1.10. The second-order valence-electron chi connectivity index (χ2n) is 4.99. The lowest BCUT2D eigenvalue weighted by atomic mass is 10.2. The average molecular weight is 365 g/mol. The lowest BCUT2D eigenvalue weighted by Crippen LogP contribution is -2.15. The Morgan fingerprint density at radius 1 is 1.40 bits per heavy atom. The fraction of sp³-hybridized carbons (Fsp3) is 0.0714. The van der Waals surface area contributed by atoms with Crippen molar-refractivity contribution >= 4 is 29.0 Å². The number of rotatable bonds is 5. The maximum atomic E-state index is 12.9. The summed E-state index contributed by atoms with van der Waals surface area (Å²) in [5, 5.41) is 23.2. The van der Waals surface area contributed by atoms with E-state index in [1.54, 1.807) is 12.1 Å². The zero-order valence-corrected chi connectivity index (χ0v) is 13.2. The van der Waals surface area contributed by atoms with Gasteiger partial charge in [-0.2, -0.15) is 10.2 Å². The average Bonchev–Trinajstić information content (AvgIpc) is 3.17. The number of hydrogen-bond acceptors (Lipinski definition) is 5. The Labute approximate surface area is 144 Å². The summed E-state index contributed by atoms with van der Waals surface area (Å²) in [5.41, 5.74) is 0.0103. The Morgan fingerprint density at radius 3 is 2.80 bits per heavy atom. The van der Waals surface area contributed by atoms with Crippen LogP contribution in [-0.2, 0) is 6.54 Å². The molecule has 3 rings (SSSR count). The molecule has 1 amide bonds. The molecule has 0 saturated heterocycles. The Bertz CT molecular complexity index is 936. The minimum atomic E-state index is -0.793. The molecule has 0 fully saturated rings. The number of H-pyrrole nitrogens is 1. The number of carbonyl (C=O) groups excluding carboxylic acids is 1. The SMILES string of the molecule is O=C(Nc1nn(Cc2ccc(F)cc2)cc1Cl)c1[nH]ncc1[N+](=O)[O-]. The van der Waals surface area contributed by atoms with Crippen molar-refractivity contribution in [1.82, 2.24) is 20.0 Å². The van der Waals surface area contributed by atoms with Crippen molar-refractivity contribution in [2.75, 3.05) is 5.32 Å². The molecule has 2 heterocycles. The molecule has 0 bridgehead atoms. The Kier molecular flexibility index (Phi) is 4.44. The van der Waals surface area contributed by atoms with Gasteiger partial charge in [-0.1, -0.05) is 23.7 Å². The fourth-order valence-electron chi connectivity index (χ4n) is 2.09. The standard InChI is InChI=1S/C14H10ClFN6O3/c15-10-7-21(6-8-1-3-9(16)4-2-8)20-13(10)18-14(23)12-11(22(24)25)5-17-19-12/h1-5,7H,6H2,(H,17,19)(H,18,20,23). The molecule has 0 unspecified atom stereocenters. The first-order chi connectivity index (χ1) is 11.9. The van der Waals surface area contributed by atoms with E-state index in [0.717, 1.165) is 11.8 Å². The summed E-state index contributed by atoms with van der Waals surface area (Å²) in [4.78, 5) is 22.2. The van der Waals surface area contributed by atoms with E-state index in [-0.39, 0.29) is 22.4 Å². The van der Waals surface area contributed by atoms with E-state index in [0.29, 0.717) is 6.54 Å². The number of nitro groups is 1. The molecule has 128 valence electrons. The molecule has 2 aromatic heterocycles. The topological polar surface area (TPSA) is 119 Å². The number of carbonyl (C=O) groups is 1. The monoisotopic (exact) mass is 364 g/mol. The van der Waals surface area contributed by atoms with Crippen molar-refractivity contribution in [2.24, 2.45) is 0 Å². The van der Waals surface area contributed by atoms with Crippen LogP contribution in [0.5, 0.6) is 0 Å². The largest absolute Gasteiger partial charge is 0.319 e. The van der Waals surface area contributed by atoms with Gasteiger partial charge in [0.1, 0.15) is 17.0 Å². The number of hydrogen-bond donors (Lipinski definition) is 2. The minimum Gasteiger partial charge on any atom is -0.302 e. The van der Waals surface area contributed by atoms with E-state index in [4.69, 9.17) is 11.6 Å². The molecule has 2 N–H and O–H groups in total. The first-order valence-electron chi connectivity index (χ1n) is 6.90. The molecule has 0 aliphatic rings. The smallest absolute Gasteiger partial charge is 0.302 e. The van der Waals surface area contributed by atoms with Crippen molar-refractivity contribution in [2.45, 2.75) is 6.54 Å². The first kappa shape index (κ1) is 16.6. The molecule has 3 aromatic rings. The number of amides is 1. The molecular formula is C14H10ClFN6O3. The molecule has 25 heavy (non-hydrogen) atoms. The Hall–Kier alpha value is -3.27. The van der Waals surface area contributed by atoms with Crippen LogP contribution in [0.15, 0.2) is 36.7 Å². The van der Waals surface area contributed by atoms with E-state index in [1.807, 2.05) is 0 Å². The van der Waals surface area contributed by atoms with Gasteiger partial charge >= 0.3 is 5.69 Å². The summed E-state index contributed by atoms with van der Waals surface area (Å²) in [6, 6.07) is 5.83. The first-order valence-corrected chi connectivity index (χ1v) is 7.28. The minimum absolute atomic E-state index is 0.0395. The zero-order chi connectivity index (χ0) is 18.0. The molecule has 0 atom stereocenters. The lowest BCUT2D eigenvalue weighted by molar-refractivity contribution is -0.385. The predicted octanol–water partition coefficient (Wildman–Crippen LogP) is 2.61. The fourth-order valence-corrected chi connectivity index (χ4v) is 2.29. The van der Waals surface area contributed by atoms with E-state index in [9.17, 15) is 19.3 Å². The molecule has 1 aromatic carbocycles. The van der Waals surface area contributed by atoms with E-state index in [2.05, 4.69) is 20.6 Å². The van der Waals surface area contributed by atoms with Gasteiger partial charge in [-0.3, -0.25) is 24.7 Å². The highest BCUT2D eigenvalue weighted by atomic mass is 35.5. The summed E-state index contributed by atoms with van der Waals surface area (Å²) in [6.45, 7) is 0.306. The van der Waals surface area contributed by atoms with Gasteiger partial charge in [-0.25, -0.2) is 4.39 Å². The van der Waals surface area contributed by atoms with Crippen LogP contribution in [-0.4, -0.2) is 30.8 Å². The molecule has 9 nitrogen and oxygen atoms in total. The Morgan fingerprint density at radius 2 is 2.12 bits per heavy atom. The number of anilines is 1. The van der Waals surface area contributed by atoms with Crippen molar-refractivity contribution < 1.29 is 14.1 Å². The number of aromatic nitrogens is 4. The van der Waals surface area contributed by atoms with Crippen LogP contribution < -0.4 is 5.32 Å². The van der Waals surface area contributed by atoms with Crippen LogP contribution >= 0.6 is 11.6 Å². The summed E-state index contributed by atoms with van der Waals surface area (Å²) >= 11 is 6.03. The van der Waals surface area contributed by atoms with Crippen molar-refractivity contribution in [1.29, 1.82) is 0 Å². The molecule has 0 radical (unpaired) electrons. The summed E-state index contributed by atoms with van der Waals surface area (Å²) < 4.78 is 14.4. The maximum Gasteiger partial charge on any atom is 0.319 e. The van der Waals surface area contributed by atoms with Crippen LogP contribution in [0.2, 0.25) is 5.02 Å². The third-order valence-electron chi connectivity index (χ3n) is 3.25. The second-order valence-corrected chi connectivity index (χ2v) is 5.40. The number of benzene rings is 1. The summed E-state index contributed by atoms with van der Waals surface area (Å²) in [6.07, 6.45) is 2.41.